The van der Waals surface area contributed by atoms with Crippen LogP contribution in [0.5, 0.6) is 0 Å². The molecule has 0 N–H and O–H groups in total. The van der Waals surface area contributed by atoms with Gasteiger partial charge in [0, 0.05) is 0 Å². The molecule has 0 nitrogen and oxygen atoms in total. The molecule has 6 heavy (non-hydrogen) atoms. The van der Waals surface area contributed by atoms with E-state index in [0.29, 0.717) is 0 Å². The van der Waals surface area contributed by atoms with Gasteiger partial charge in [-0.3, -0.25) is 0 Å². The summed E-state index contributed by atoms with van der Waals surface area (Å²) in [6.45, 7) is 0. The van der Waals surface area contributed by atoms with Crippen molar-refractivity contribution < 1.29 is 0 Å². The minimum absolute atomic E-state index is 1.33. The summed E-state index contributed by atoms with van der Waals surface area (Å²) in [4.78, 5) is 0. The van der Waals surface area contributed by atoms with Gasteiger partial charge in [-0.1, -0.05) is 16.5 Å². The standard InChI is InChI=1S/C4H10P2/c1-2-4-6-5-3-1/h5-6H,1-4H2. The maximum absolute atomic E-state index is 1.54. The van der Waals surface area contributed by atoms with Crippen LogP contribution in [-0.4, -0.2) is 12.3 Å². The highest BCUT2D eigenvalue weighted by Gasteiger charge is 1.94. The van der Waals surface area contributed by atoms with E-state index in [9.17, 15) is 0 Å². The topological polar surface area (TPSA) is 0 Å². The van der Waals surface area contributed by atoms with Crippen molar-refractivity contribution in [1.29, 1.82) is 0 Å². The molecule has 0 aromatic rings. The second-order valence-corrected chi connectivity index (χ2v) is 5.39. The smallest absolute Gasteiger partial charge is 0.0317 e. The van der Waals surface area contributed by atoms with Crippen molar-refractivity contribution in [3.63, 3.8) is 0 Å². The van der Waals surface area contributed by atoms with Gasteiger partial charge in [0.25, 0.3) is 0 Å². The molecule has 1 aliphatic heterocycles. The Kier molecular flexibility index (Phi) is 2.45. The van der Waals surface area contributed by atoms with Crippen LogP contribution in [-0.2, 0) is 0 Å². The van der Waals surface area contributed by atoms with E-state index in [0.717, 1.165) is 0 Å². The van der Waals surface area contributed by atoms with Crippen LogP contribution < -0.4 is 0 Å². The quantitative estimate of drug-likeness (QED) is 0.429. The molecule has 0 aromatic heterocycles. The first-order valence-corrected chi connectivity index (χ1v) is 5.87. The third-order valence-corrected chi connectivity index (χ3v) is 4.69. The Bertz CT molecular complexity index is 21.0. The molecule has 1 heterocycles. The Balaban J connectivity index is 2.00. The molecule has 1 rings (SSSR count). The molecule has 2 unspecified atom stereocenters. The van der Waals surface area contributed by atoms with E-state index in [1.807, 2.05) is 0 Å². The van der Waals surface area contributed by atoms with Gasteiger partial charge in [-0.15, -0.1) is 0 Å². The summed E-state index contributed by atoms with van der Waals surface area (Å²) in [5.41, 5.74) is 0. The average molecular weight is 120 g/mol. The number of hydrogen-bond donors (Lipinski definition) is 0. The van der Waals surface area contributed by atoms with Crippen LogP contribution in [0.25, 0.3) is 0 Å². The molecule has 1 saturated heterocycles. The van der Waals surface area contributed by atoms with Crippen molar-refractivity contribution in [1.82, 2.24) is 0 Å². The highest BCUT2D eigenvalue weighted by atomic mass is 32.0. The molecule has 0 aromatic carbocycles. The Hall–Kier alpha value is 0.860. The fourth-order valence-electron chi connectivity index (χ4n) is 0.604. The lowest BCUT2D eigenvalue weighted by atomic mass is 10.4. The van der Waals surface area contributed by atoms with Gasteiger partial charge in [0.15, 0.2) is 0 Å². The monoisotopic (exact) mass is 120 g/mol. The first-order valence-electron chi connectivity index (χ1n) is 2.46. The lowest BCUT2D eigenvalue weighted by Crippen LogP contribution is -1.83. The molecule has 1 aliphatic rings. The van der Waals surface area contributed by atoms with Gasteiger partial charge in [-0.25, -0.2) is 0 Å². The Labute approximate surface area is 42.6 Å². The number of rotatable bonds is 0. The minimum Gasteiger partial charge on any atom is -0.0992 e. The summed E-state index contributed by atoms with van der Waals surface area (Å²) >= 11 is 0. The third kappa shape index (κ3) is 1.54. The predicted octanol–water partition coefficient (Wildman–Crippen LogP) is 2.05. The fraction of sp³-hybridized carbons (Fsp3) is 1.00. The molecule has 0 amide bonds. The molecule has 0 radical (unpaired) electrons. The minimum atomic E-state index is 1.33. The van der Waals surface area contributed by atoms with Crippen LogP contribution in [0.2, 0.25) is 0 Å². The van der Waals surface area contributed by atoms with E-state index in [-0.39, 0.29) is 0 Å². The van der Waals surface area contributed by atoms with Crippen molar-refractivity contribution in [3.8, 4) is 0 Å². The van der Waals surface area contributed by atoms with Crippen molar-refractivity contribution in [2.75, 3.05) is 12.3 Å². The maximum atomic E-state index is 1.54. The zero-order valence-corrected chi connectivity index (χ0v) is 5.83. The lowest BCUT2D eigenvalue weighted by Gasteiger charge is -2.06. The molecule has 0 aliphatic carbocycles. The van der Waals surface area contributed by atoms with Crippen LogP contribution in [0.15, 0.2) is 0 Å². The molecular formula is C4H10P2. The normalized spacial score (nSPS) is 32.0. The first-order chi connectivity index (χ1) is 3.00. The summed E-state index contributed by atoms with van der Waals surface area (Å²) in [6.07, 6.45) is 6.12. The Morgan fingerprint density at radius 2 is 1.33 bits per heavy atom. The van der Waals surface area contributed by atoms with E-state index in [1.54, 1.807) is 12.3 Å². The van der Waals surface area contributed by atoms with Gasteiger partial charge in [0.2, 0.25) is 0 Å². The van der Waals surface area contributed by atoms with Crippen LogP contribution in [0.4, 0.5) is 0 Å². The Morgan fingerprint density at radius 3 is 1.50 bits per heavy atom. The van der Waals surface area contributed by atoms with E-state index in [4.69, 9.17) is 0 Å². The average Bonchev–Trinajstić information content (AvgIpc) is 1.72. The van der Waals surface area contributed by atoms with Crippen LogP contribution in [0, 0.1) is 0 Å². The van der Waals surface area contributed by atoms with Crippen LogP contribution >= 0.6 is 16.5 Å². The molecule has 36 valence electrons. The summed E-state index contributed by atoms with van der Waals surface area (Å²) in [7, 11) is 2.66. The molecule has 1 fully saturated rings. The van der Waals surface area contributed by atoms with Crippen molar-refractivity contribution in [3.05, 3.63) is 0 Å². The van der Waals surface area contributed by atoms with Gasteiger partial charge >= 0.3 is 0 Å². The zero-order chi connectivity index (χ0) is 4.24. The molecule has 2 heteroatoms. The second-order valence-electron chi connectivity index (χ2n) is 1.56. The fourth-order valence-corrected chi connectivity index (χ4v) is 3.93. The summed E-state index contributed by atoms with van der Waals surface area (Å²) in [5, 5.41) is 0. The van der Waals surface area contributed by atoms with Crippen LogP contribution in [0.3, 0.4) is 0 Å². The van der Waals surface area contributed by atoms with E-state index >= 15 is 0 Å². The van der Waals surface area contributed by atoms with Crippen molar-refractivity contribution in [2.24, 2.45) is 0 Å². The second kappa shape index (κ2) is 2.94. The maximum Gasteiger partial charge on any atom is -0.0317 e. The summed E-state index contributed by atoms with van der Waals surface area (Å²) in [6, 6.07) is 0. The summed E-state index contributed by atoms with van der Waals surface area (Å²) < 4.78 is 0. The highest BCUT2D eigenvalue weighted by Crippen LogP contribution is 2.41. The zero-order valence-electron chi connectivity index (χ0n) is 3.83. The lowest BCUT2D eigenvalue weighted by molar-refractivity contribution is 0.900. The van der Waals surface area contributed by atoms with E-state index < -0.39 is 0 Å². The number of hydrogen-bond acceptors (Lipinski definition) is 0. The van der Waals surface area contributed by atoms with Crippen molar-refractivity contribution >= 4 is 16.5 Å². The molecule has 2 atom stereocenters. The predicted molar refractivity (Wildman–Crippen MR) is 35.6 cm³/mol. The molecular weight excluding hydrogens is 110 g/mol. The largest absolute Gasteiger partial charge is 0.0992 e. The molecule has 0 bridgehead atoms. The SMILES string of the molecule is C1CCPPC1. The van der Waals surface area contributed by atoms with Gasteiger partial charge < -0.3 is 0 Å². The third-order valence-electron chi connectivity index (χ3n) is 0.979. The first kappa shape index (κ1) is 5.01. The molecule has 0 spiro atoms. The Morgan fingerprint density at radius 1 is 0.833 bits per heavy atom. The summed E-state index contributed by atoms with van der Waals surface area (Å²) in [5.74, 6) is 0. The molecule has 0 saturated carbocycles. The van der Waals surface area contributed by atoms with Crippen LogP contribution in [0.1, 0.15) is 12.8 Å². The van der Waals surface area contributed by atoms with Gasteiger partial charge in [0.05, 0.1) is 0 Å². The van der Waals surface area contributed by atoms with Gasteiger partial charge in [-0.2, -0.15) is 0 Å². The van der Waals surface area contributed by atoms with Gasteiger partial charge in [-0.05, 0) is 25.2 Å². The highest BCUT2D eigenvalue weighted by molar-refractivity contribution is 8.11. The van der Waals surface area contributed by atoms with E-state index in [1.165, 1.54) is 29.4 Å². The van der Waals surface area contributed by atoms with Crippen molar-refractivity contribution in [2.45, 2.75) is 12.8 Å². The van der Waals surface area contributed by atoms with Gasteiger partial charge in [0.1, 0.15) is 0 Å². The van der Waals surface area contributed by atoms with E-state index in [2.05, 4.69) is 0 Å².